The van der Waals surface area contributed by atoms with Gasteiger partial charge in [0.15, 0.2) is 15.7 Å². The summed E-state index contributed by atoms with van der Waals surface area (Å²) < 4.78 is 42.7. The monoisotopic (exact) mass is 407 g/mol. The van der Waals surface area contributed by atoms with Crippen LogP contribution < -0.4 is 4.74 Å². The van der Waals surface area contributed by atoms with Crippen LogP contribution in [-0.4, -0.2) is 53.6 Å². The van der Waals surface area contributed by atoms with Gasteiger partial charge < -0.3 is 9.64 Å². The Morgan fingerprint density at radius 2 is 1.89 bits per heavy atom. The SMILES string of the molecule is CC(C)S(=O)(=O)c1ccc(CC(=O)N2CC[C@H](Oc3ncc(F)cn3)C2)cc1. The Kier molecular flexibility index (Phi) is 5.93. The Balaban J connectivity index is 1.56. The van der Waals surface area contributed by atoms with E-state index >= 15 is 0 Å². The van der Waals surface area contributed by atoms with Crippen molar-refractivity contribution in [2.75, 3.05) is 13.1 Å². The highest BCUT2D eigenvalue weighted by Crippen LogP contribution is 2.19. The minimum Gasteiger partial charge on any atom is -0.458 e. The molecule has 0 bridgehead atoms. The highest BCUT2D eigenvalue weighted by molar-refractivity contribution is 7.92. The Hall–Kier alpha value is -2.55. The van der Waals surface area contributed by atoms with Gasteiger partial charge in [-0.15, -0.1) is 0 Å². The third-order valence-corrected chi connectivity index (χ3v) is 6.76. The first-order valence-electron chi connectivity index (χ1n) is 9.00. The van der Waals surface area contributed by atoms with Crippen molar-refractivity contribution in [2.24, 2.45) is 0 Å². The number of carbonyl (C=O) groups is 1. The zero-order valence-electron chi connectivity index (χ0n) is 15.7. The van der Waals surface area contributed by atoms with Crippen molar-refractivity contribution in [1.82, 2.24) is 14.9 Å². The van der Waals surface area contributed by atoms with Gasteiger partial charge in [-0.1, -0.05) is 12.1 Å². The number of benzene rings is 1. The van der Waals surface area contributed by atoms with Crippen molar-refractivity contribution in [1.29, 1.82) is 0 Å². The van der Waals surface area contributed by atoms with Gasteiger partial charge in [0.25, 0.3) is 0 Å². The summed E-state index contributed by atoms with van der Waals surface area (Å²) in [7, 11) is -3.32. The van der Waals surface area contributed by atoms with E-state index in [2.05, 4.69) is 9.97 Å². The largest absolute Gasteiger partial charge is 0.458 e. The number of sulfone groups is 1. The summed E-state index contributed by atoms with van der Waals surface area (Å²) in [4.78, 5) is 22.0. The van der Waals surface area contributed by atoms with E-state index in [1.165, 1.54) is 0 Å². The smallest absolute Gasteiger partial charge is 0.316 e. The topological polar surface area (TPSA) is 89.5 Å². The van der Waals surface area contributed by atoms with E-state index in [0.29, 0.717) is 19.5 Å². The lowest BCUT2D eigenvalue weighted by atomic mass is 10.1. The second-order valence-electron chi connectivity index (χ2n) is 6.97. The third kappa shape index (κ3) is 4.64. The van der Waals surface area contributed by atoms with E-state index in [1.54, 1.807) is 43.0 Å². The Bertz CT molecular complexity index is 931. The van der Waals surface area contributed by atoms with Gasteiger partial charge in [0.05, 0.1) is 35.5 Å². The average Bonchev–Trinajstić information content (AvgIpc) is 3.12. The van der Waals surface area contributed by atoms with Crippen molar-refractivity contribution < 1.29 is 22.3 Å². The van der Waals surface area contributed by atoms with Crippen LogP contribution in [0.3, 0.4) is 0 Å². The summed E-state index contributed by atoms with van der Waals surface area (Å²) in [5.74, 6) is -0.603. The van der Waals surface area contributed by atoms with Gasteiger partial charge in [0.1, 0.15) is 6.10 Å². The molecule has 9 heteroatoms. The molecule has 0 aliphatic carbocycles. The van der Waals surface area contributed by atoms with Gasteiger partial charge >= 0.3 is 6.01 Å². The minimum atomic E-state index is -3.32. The van der Waals surface area contributed by atoms with Gasteiger partial charge in [0.2, 0.25) is 5.91 Å². The molecule has 2 aromatic rings. The van der Waals surface area contributed by atoms with Crippen LogP contribution in [0.5, 0.6) is 6.01 Å². The number of hydrogen-bond acceptors (Lipinski definition) is 6. The Morgan fingerprint density at radius 3 is 2.50 bits per heavy atom. The van der Waals surface area contributed by atoms with Crippen LogP contribution in [0.1, 0.15) is 25.8 Å². The normalized spacial score (nSPS) is 17.1. The third-order valence-electron chi connectivity index (χ3n) is 4.59. The molecule has 0 saturated carbocycles. The zero-order valence-corrected chi connectivity index (χ0v) is 16.5. The Morgan fingerprint density at radius 1 is 1.25 bits per heavy atom. The van der Waals surface area contributed by atoms with E-state index in [1.807, 2.05) is 0 Å². The summed E-state index contributed by atoms with van der Waals surface area (Å²) in [5.41, 5.74) is 0.749. The number of carbonyl (C=O) groups excluding carboxylic acids is 1. The lowest BCUT2D eigenvalue weighted by Crippen LogP contribution is -2.32. The molecule has 1 amide bonds. The predicted molar refractivity (Wildman–Crippen MR) is 100 cm³/mol. The van der Waals surface area contributed by atoms with Crippen LogP contribution in [0.2, 0.25) is 0 Å². The maximum Gasteiger partial charge on any atom is 0.316 e. The first-order chi connectivity index (χ1) is 13.3. The minimum absolute atomic E-state index is 0.0643. The molecule has 1 aromatic carbocycles. The number of rotatable bonds is 6. The van der Waals surface area contributed by atoms with E-state index in [0.717, 1.165) is 18.0 Å². The molecule has 0 unspecified atom stereocenters. The van der Waals surface area contributed by atoms with Crippen molar-refractivity contribution >= 4 is 15.7 Å². The van der Waals surface area contributed by atoms with Crippen LogP contribution in [0.25, 0.3) is 0 Å². The molecule has 1 atom stereocenters. The van der Waals surface area contributed by atoms with E-state index in [9.17, 15) is 17.6 Å². The number of halogens is 1. The summed E-state index contributed by atoms with van der Waals surface area (Å²) in [6, 6.07) is 6.51. The van der Waals surface area contributed by atoms with Gasteiger partial charge in [-0.3, -0.25) is 4.79 Å². The van der Waals surface area contributed by atoms with Crippen molar-refractivity contribution in [2.45, 2.75) is 42.9 Å². The van der Waals surface area contributed by atoms with E-state index in [4.69, 9.17) is 4.74 Å². The fraction of sp³-hybridized carbons (Fsp3) is 0.421. The molecule has 7 nitrogen and oxygen atoms in total. The standard InChI is InChI=1S/C19H22FN3O4S/c1-13(2)28(25,26)17-5-3-14(4-6-17)9-18(24)23-8-7-16(12-23)27-19-21-10-15(20)11-22-19/h3-6,10-11,13,16H,7-9,12H2,1-2H3/t16-/m0/s1. The van der Waals surface area contributed by atoms with Crippen LogP contribution in [-0.2, 0) is 21.1 Å². The van der Waals surface area contributed by atoms with Gasteiger partial charge in [-0.25, -0.2) is 22.8 Å². The van der Waals surface area contributed by atoms with Gasteiger partial charge in [0, 0.05) is 13.0 Å². The first-order valence-corrected chi connectivity index (χ1v) is 10.5. The number of hydrogen-bond donors (Lipinski definition) is 0. The fourth-order valence-corrected chi connectivity index (χ4v) is 3.98. The summed E-state index contributed by atoms with van der Waals surface area (Å²) in [5, 5.41) is -0.494. The molecule has 0 spiro atoms. The molecule has 28 heavy (non-hydrogen) atoms. The number of aromatic nitrogens is 2. The zero-order chi connectivity index (χ0) is 20.3. The molecular weight excluding hydrogens is 385 g/mol. The maximum absolute atomic E-state index is 12.8. The summed E-state index contributed by atoms with van der Waals surface area (Å²) in [6.07, 6.45) is 2.64. The number of likely N-dealkylation sites (tertiary alicyclic amines) is 1. The molecular formula is C19H22FN3O4S. The summed E-state index contributed by atoms with van der Waals surface area (Å²) >= 11 is 0. The van der Waals surface area contributed by atoms with Crippen LogP contribution in [0.15, 0.2) is 41.6 Å². The average molecular weight is 407 g/mol. The van der Waals surface area contributed by atoms with Crippen LogP contribution in [0.4, 0.5) is 4.39 Å². The molecule has 2 heterocycles. The second-order valence-corrected chi connectivity index (χ2v) is 9.47. The molecule has 150 valence electrons. The fourth-order valence-electron chi connectivity index (χ4n) is 2.92. The van der Waals surface area contributed by atoms with Gasteiger partial charge in [-0.05, 0) is 31.5 Å². The lowest BCUT2D eigenvalue weighted by molar-refractivity contribution is -0.129. The highest BCUT2D eigenvalue weighted by Gasteiger charge is 2.28. The molecule has 0 radical (unpaired) electrons. The Labute approximate surface area is 163 Å². The molecule has 1 aromatic heterocycles. The number of amides is 1. The van der Waals surface area contributed by atoms with Crippen LogP contribution in [0, 0.1) is 5.82 Å². The lowest BCUT2D eigenvalue weighted by Gasteiger charge is -2.17. The van der Waals surface area contributed by atoms with Crippen molar-refractivity contribution in [3.05, 3.63) is 48.0 Å². The van der Waals surface area contributed by atoms with Gasteiger partial charge in [-0.2, -0.15) is 0 Å². The van der Waals surface area contributed by atoms with E-state index < -0.39 is 20.9 Å². The molecule has 1 aliphatic heterocycles. The first kappa shape index (κ1) is 20.2. The van der Waals surface area contributed by atoms with Crippen LogP contribution >= 0.6 is 0 Å². The highest BCUT2D eigenvalue weighted by atomic mass is 32.2. The molecule has 1 aliphatic rings. The number of ether oxygens (including phenoxy) is 1. The summed E-state index contributed by atoms with van der Waals surface area (Å²) in [6.45, 7) is 4.22. The van der Waals surface area contributed by atoms with Crippen molar-refractivity contribution in [3.63, 3.8) is 0 Å². The maximum atomic E-state index is 12.8. The molecule has 1 fully saturated rings. The van der Waals surface area contributed by atoms with E-state index in [-0.39, 0.29) is 29.3 Å². The number of nitrogens with zero attached hydrogens (tertiary/aromatic N) is 3. The molecule has 0 N–H and O–H groups in total. The molecule has 1 saturated heterocycles. The molecule has 3 rings (SSSR count). The quantitative estimate of drug-likeness (QED) is 0.728. The predicted octanol–water partition coefficient (Wildman–Crippen LogP) is 2.02. The van der Waals surface area contributed by atoms with Crippen molar-refractivity contribution in [3.8, 4) is 6.01 Å². The second kappa shape index (κ2) is 8.22.